The lowest BCUT2D eigenvalue weighted by molar-refractivity contribution is 0.146. The van der Waals surface area contributed by atoms with E-state index in [1.807, 2.05) is 13.8 Å². The normalized spacial score (nSPS) is 11.0. The fourth-order valence-electron chi connectivity index (χ4n) is 1.89. The number of hydrogen-bond donors (Lipinski definition) is 2. The van der Waals surface area contributed by atoms with E-state index in [2.05, 4.69) is 15.6 Å². The van der Waals surface area contributed by atoms with E-state index in [-0.39, 0.29) is 29.8 Å². The number of aliphatic imine (C=N–C) groups is 1. The third-order valence-corrected chi connectivity index (χ3v) is 2.96. The molecule has 0 aromatic heterocycles. The Balaban J connectivity index is 0.00000484. The molecule has 0 bridgehead atoms. The quantitative estimate of drug-likeness (QED) is 0.268. The minimum Gasteiger partial charge on any atom is -0.382 e. The van der Waals surface area contributed by atoms with Gasteiger partial charge < -0.3 is 15.4 Å². The van der Waals surface area contributed by atoms with Gasteiger partial charge in [-0.1, -0.05) is 0 Å². The Hall–Kier alpha value is -0.960. The molecule has 0 aliphatic heterocycles. The molecule has 0 aliphatic rings. The average Bonchev–Trinajstić information content (AvgIpc) is 2.50. The van der Waals surface area contributed by atoms with Gasteiger partial charge in [-0.15, -0.1) is 24.0 Å². The SMILES string of the molecule is CCNC(=NCCCOCC)NCCc1cc(F)ccc1F.I. The molecule has 0 saturated carbocycles. The molecular formula is C16H26F2IN3O. The second-order valence-corrected chi connectivity index (χ2v) is 4.72. The number of ether oxygens (including phenoxy) is 1. The van der Waals surface area contributed by atoms with Crippen LogP contribution in [0.3, 0.4) is 0 Å². The van der Waals surface area contributed by atoms with Crippen LogP contribution in [-0.4, -0.2) is 38.8 Å². The first kappa shape index (κ1) is 22.0. The number of rotatable bonds is 9. The van der Waals surface area contributed by atoms with Crippen molar-refractivity contribution >= 4 is 29.9 Å². The fourth-order valence-corrected chi connectivity index (χ4v) is 1.89. The Kier molecular flexibility index (Phi) is 12.9. The molecule has 23 heavy (non-hydrogen) atoms. The predicted molar refractivity (Wildman–Crippen MR) is 101 cm³/mol. The van der Waals surface area contributed by atoms with Crippen molar-refractivity contribution in [2.45, 2.75) is 26.7 Å². The molecule has 0 spiro atoms. The van der Waals surface area contributed by atoms with Crippen molar-refractivity contribution in [2.24, 2.45) is 4.99 Å². The Morgan fingerprint density at radius 3 is 2.70 bits per heavy atom. The van der Waals surface area contributed by atoms with Crippen LogP contribution in [0.25, 0.3) is 0 Å². The van der Waals surface area contributed by atoms with Gasteiger partial charge in [0.15, 0.2) is 5.96 Å². The molecule has 0 unspecified atom stereocenters. The van der Waals surface area contributed by atoms with E-state index in [1.165, 1.54) is 6.07 Å². The number of nitrogens with one attached hydrogen (secondary N) is 2. The van der Waals surface area contributed by atoms with Crippen LogP contribution >= 0.6 is 24.0 Å². The van der Waals surface area contributed by atoms with E-state index >= 15 is 0 Å². The number of guanidine groups is 1. The van der Waals surface area contributed by atoms with Crippen molar-refractivity contribution in [3.8, 4) is 0 Å². The molecule has 2 N–H and O–H groups in total. The smallest absolute Gasteiger partial charge is 0.191 e. The summed E-state index contributed by atoms with van der Waals surface area (Å²) in [6, 6.07) is 3.50. The van der Waals surface area contributed by atoms with E-state index in [9.17, 15) is 8.78 Å². The lowest BCUT2D eigenvalue weighted by Crippen LogP contribution is -2.38. The van der Waals surface area contributed by atoms with Gasteiger partial charge in [-0.3, -0.25) is 4.99 Å². The molecule has 0 aliphatic carbocycles. The summed E-state index contributed by atoms with van der Waals surface area (Å²) in [7, 11) is 0. The highest BCUT2D eigenvalue weighted by Gasteiger charge is 2.04. The van der Waals surface area contributed by atoms with Crippen LogP contribution in [0.2, 0.25) is 0 Å². The van der Waals surface area contributed by atoms with Crippen LogP contribution in [0.4, 0.5) is 8.78 Å². The Morgan fingerprint density at radius 2 is 2.00 bits per heavy atom. The first-order valence-corrected chi connectivity index (χ1v) is 7.71. The topological polar surface area (TPSA) is 45.7 Å². The Morgan fingerprint density at radius 1 is 1.22 bits per heavy atom. The van der Waals surface area contributed by atoms with E-state index in [0.29, 0.717) is 44.2 Å². The maximum absolute atomic E-state index is 13.5. The molecule has 0 radical (unpaired) electrons. The number of benzene rings is 1. The highest BCUT2D eigenvalue weighted by Crippen LogP contribution is 2.09. The van der Waals surface area contributed by atoms with E-state index in [1.54, 1.807) is 0 Å². The standard InChI is InChI=1S/C16H25F2N3O.HI/c1-3-19-16(20-9-5-11-22-4-2)21-10-8-13-12-14(17)6-7-15(13)18;/h6-7,12H,3-5,8-11H2,1-2H3,(H2,19,20,21);1H. The van der Waals surface area contributed by atoms with Gasteiger partial charge in [-0.2, -0.15) is 0 Å². The molecule has 132 valence electrons. The van der Waals surface area contributed by atoms with Crippen molar-refractivity contribution in [1.29, 1.82) is 0 Å². The van der Waals surface area contributed by atoms with Crippen molar-refractivity contribution < 1.29 is 13.5 Å². The number of halogens is 3. The third-order valence-electron chi connectivity index (χ3n) is 2.96. The summed E-state index contributed by atoms with van der Waals surface area (Å²) in [5.41, 5.74) is 0.361. The molecule has 1 rings (SSSR count). The van der Waals surface area contributed by atoms with Crippen molar-refractivity contribution in [3.05, 3.63) is 35.4 Å². The van der Waals surface area contributed by atoms with Gasteiger partial charge in [0.1, 0.15) is 11.6 Å². The van der Waals surface area contributed by atoms with Crippen molar-refractivity contribution in [3.63, 3.8) is 0 Å². The van der Waals surface area contributed by atoms with Crippen LogP contribution in [0.1, 0.15) is 25.8 Å². The fraction of sp³-hybridized carbons (Fsp3) is 0.562. The van der Waals surface area contributed by atoms with Crippen molar-refractivity contribution in [1.82, 2.24) is 10.6 Å². The molecule has 0 atom stereocenters. The zero-order chi connectivity index (χ0) is 16.2. The molecule has 7 heteroatoms. The molecule has 0 fully saturated rings. The number of nitrogens with zero attached hydrogens (tertiary/aromatic N) is 1. The molecule has 1 aromatic carbocycles. The molecule has 0 saturated heterocycles. The van der Waals surface area contributed by atoms with Crippen LogP contribution in [-0.2, 0) is 11.2 Å². The maximum atomic E-state index is 13.5. The predicted octanol–water partition coefficient (Wildman–Crippen LogP) is 3.11. The summed E-state index contributed by atoms with van der Waals surface area (Å²) in [4.78, 5) is 4.40. The second-order valence-electron chi connectivity index (χ2n) is 4.72. The summed E-state index contributed by atoms with van der Waals surface area (Å²) < 4.78 is 31.8. The summed E-state index contributed by atoms with van der Waals surface area (Å²) >= 11 is 0. The molecular weight excluding hydrogens is 415 g/mol. The minimum atomic E-state index is -0.423. The monoisotopic (exact) mass is 441 g/mol. The van der Waals surface area contributed by atoms with Crippen LogP contribution < -0.4 is 10.6 Å². The summed E-state index contributed by atoms with van der Waals surface area (Å²) in [6.45, 7) is 7.21. The number of hydrogen-bond acceptors (Lipinski definition) is 2. The molecule has 4 nitrogen and oxygen atoms in total. The first-order chi connectivity index (χ1) is 10.7. The Bertz CT molecular complexity index is 473. The van der Waals surface area contributed by atoms with Gasteiger partial charge in [0.25, 0.3) is 0 Å². The van der Waals surface area contributed by atoms with Crippen LogP contribution in [0.5, 0.6) is 0 Å². The van der Waals surface area contributed by atoms with Gasteiger partial charge in [-0.05, 0) is 50.5 Å². The molecule has 1 aromatic rings. The zero-order valence-corrected chi connectivity index (χ0v) is 16.0. The Labute approximate surface area is 154 Å². The van der Waals surface area contributed by atoms with E-state index in [4.69, 9.17) is 4.74 Å². The second kappa shape index (κ2) is 13.5. The summed E-state index contributed by atoms with van der Waals surface area (Å²) in [6.07, 6.45) is 1.25. The largest absolute Gasteiger partial charge is 0.382 e. The van der Waals surface area contributed by atoms with E-state index in [0.717, 1.165) is 25.1 Å². The third kappa shape index (κ3) is 9.70. The lowest BCUT2D eigenvalue weighted by Gasteiger charge is -2.11. The van der Waals surface area contributed by atoms with Gasteiger partial charge >= 0.3 is 0 Å². The summed E-state index contributed by atoms with van der Waals surface area (Å²) in [5, 5.41) is 6.23. The van der Waals surface area contributed by atoms with Crippen LogP contribution in [0, 0.1) is 11.6 Å². The van der Waals surface area contributed by atoms with E-state index < -0.39 is 5.82 Å². The van der Waals surface area contributed by atoms with Gasteiger partial charge in [0.05, 0.1) is 0 Å². The minimum absolute atomic E-state index is 0. The highest BCUT2D eigenvalue weighted by molar-refractivity contribution is 14.0. The average molecular weight is 441 g/mol. The molecule has 0 heterocycles. The lowest BCUT2D eigenvalue weighted by atomic mass is 10.1. The molecule has 0 amide bonds. The zero-order valence-electron chi connectivity index (χ0n) is 13.7. The van der Waals surface area contributed by atoms with Crippen LogP contribution in [0.15, 0.2) is 23.2 Å². The summed E-state index contributed by atoms with van der Waals surface area (Å²) in [5.74, 6) is -0.134. The maximum Gasteiger partial charge on any atom is 0.191 e. The van der Waals surface area contributed by atoms with Gasteiger partial charge in [0, 0.05) is 32.8 Å². The van der Waals surface area contributed by atoms with Crippen molar-refractivity contribution in [2.75, 3.05) is 32.8 Å². The highest BCUT2D eigenvalue weighted by atomic mass is 127. The van der Waals surface area contributed by atoms with Gasteiger partial charge in [0.2, 0.25) is 0 Å². The first-order valence-electron chi connectivity index (χ1n) is 7.71. The van der Waals surface area contributed by atoms with Gasteiger partial charge in [-0.25, -0.2) is 8.78 Å².